The smallest absolute Gasteiger partial charge is 0.0223 e. The summed E-state index contributed by atoms with van der Waals surface area (Å²) >= 11 is 0. The van der Waals surface area contributed by atoms with E-state index in [0.29, 0.717) is 6.04 Å². The molecule has 2 rings (SSSR count). The van der Waals surface area contributed by atoms with Crippen LogP contribution >= 0.6 is 0 Å². The van der Waals surface area contributed by atoms with Crippen LogP contribution in [0.5, 0.6) is 0 Å². The average Bonchev–Trinajstić information content (AvgIpc) is 2.49. The van der Waals surface area contributed by atoms with Crippen molar-refractivity contribution < 1.29 is 0 Å². The topological polar surface area (TPSA) is 18.5 Å². The molecule has 2 aliphatic rings. The third-order valence-corrected chi connectivity index (χ3v) is 5.03. The zero-order valence-electron chi connectivity index (χ0n) is 13.7. The number of piperazine rings is 1. The largest absolute Gasteiger partial charge is 0.314 e. The predicted molar refractivity (Wildman–Crippen MR) is 87.3 cm³/mol. The van der Waals surface area contributed by atoms with Crippen molar-refractivity contribution in [3.05, 3.63) is 0 Å². The molecule has 0 aromatic heterocycles. The Morgan fingerprint density at radius 2 is 2.05 bits per heavy atom. The fourth-order valence-electron chi connectivity index (χ4n) is 3.70. The van der Waals surface area contributed by atoms with E-state index in [4.69, 9.17) is 0 Å². The normalized spacial score (nSPS) is 26.4. The SMILES string of the molecule is CCCNC(C)CCCCN1CCN2CCCCC2C1. The Labute approximate surface area is 126 Å². The zero-order chi connectivity index (χ0) is 14.2. The number of piperidine rings is 1. The maximum absolute atomic E-state index is 3.59. The summed E-state index contributed by atoms with van der Waals surface area (Å²) in [5.74, 6) is 0. The van der Waals surface area contributed by atoms with E-state index in [-0.39, 0.29) is 0 Å². The Morgan fingerprint density at radius 1 is 1.15 bits per heavy atom. The minimum absolute atomic E-state index is 0.699. The zero-order valence-corrected chi connectivity index (χ0v) is 13.7. The van der Waals surface area contributed by atoms with Crippen LogP contribution < -0.4 is 5.32 Å². The number of unbranched alkanes of at least 4 members (excludes halogenated alkanes) is 1. The molecule has 2 unspecified atom stereocenters. The van der Waals surface area contributed by atoms with Crippen molar-refractivity contribution in [2.45, 2.75) is 70.9 Å². The summed E-state index contributed by atoms with van der Waals surface area (Å²) in [4.78, 5) is 5.45. The average molecular weight is 281 g/mol. The van der Waals surface area contributed by atoms with Crippen molar-refractivity contribution >= 4 is 0 Å². The van der Waals surface area contributed by atoms with Gasteiger partial charge in [-0.05, 0) is 58.7 Å². The molecule has 118 valence electrons. The van der Waals surface area contributed by atoms with Crippen LogP contribution in [0, 0.1) is 0 Å². The second-order valence-electron chi connectivity index (χ2n) is 6.84. The van der Waals surface area contributed by atoms with Crippen LogP contribution in [0.3, 0.4) is 0 Å². The van der Waals surface area contributed by atoms with Crippen LogP contribution in [0.2, 0.25) is 0 Å². The van der Waals surface area contributed by atoms with Crippen molar-refractivity contribution in [3.8, 4) is 0 Å². The molecule has 0 aliphatic carbocycles. The lowest BCUT2D eigenvalue weighted by molar-refractivity contribution is 0.0486. The number of fused-ring (bicyclic) bond motifs is 1. The lowest BCUT2D eigenvalue weighted by Crippen LogP contribution is -2.54. The van der Waals surface area contributed by atoms with Crippen LogP contribution in [0.15, 0.2) is 0 Å². The molecule has 1 N–H and O–H groups in total. The van der Waals surface area contributed by atoms with Crippen molar-refractivity contribution in [3.63, 3.8) is 0 Å². The summed E-state index contributed by atoms with van der Waals surface area (Å²) in [6.45, 7) is 12.4. The second-order valence-corrected chi connectivity index (χ2v) is 6.84. The Morgan fingerprint density at radius 3 is 2.90 bits per heavy atom. The van der Waals surface area contributed by atoms with Gasteiger partial charge in [-0.15, -0.1) is 0 Å². The number of rotatable bonds is 8. The number of hydrogen-bond acceptors (Lipinski definition) is 3. The highest BCUT2D eigenvalue weighted by molar-refractivity contribution is 4.84. The fraction of sp³-hybridized carbons (Fsp3) is 1.00. The van der Waals surface area contributed by atoms with Gasteiger partial charge in [-0.2, -0.15) is 0 Å². The summed E-state index contributed by atoms with van der Waals surface area (Å²) < 4.78 is 0. The first-order chi connectivity index (χ1) is 9.79. The molecule has 2 fully saturated rings. The molecule has 0 spiro atoms. The molecule has 0 bridgehead atoms. The summed E-state index contributed by atoms with van der Waals surface area (Å²) in [5, 5.41) is 3.59. The lowest BCUT2D eigenvalue weighted by Gasteiger charge is -2.44. The number of nitrogens with one attached hydrogen (secondary N) is 1. The molecular weight excluding hydrogens is 246 g/mol. The minimum atomic E-state index is 0.699. The highest BCUT2D eigenvalue weighted by Crippen LogP contribution is 2.21. The van der Waals surface area contributed by atoms with Gasteiger partial charge in [0.1, 0.15) is 0 Å². The van der Waals surface area contributed by atoms with E-state index in [2.05, 4.69) is 29.0 Å². The van der Waals surface area contributed by atoms with Gasteiger partial charge in [0.05, 0.1) is 0 Å². The van der Waals surface area contributed by atoms with Gasteiger partial charge in [0.2, 0.25) is 0 Å². The molecule has 2 saturated heterocycles. The number of hydrogen-bond donors (Lipinski definition) is 1. The highest BCUT2D eigenvalue weighted by atomic mass is 15.3. The van der Waals surface area contributed by atoms with E-state index in [1.165, 1.54) is 84.2 Å². The van der Waals surface area contributed by atoms with Crippen LogP contribution in [-0.4, -0.2) is 61.2 Å². The molecule has 3 heteroatoms. The fourth-order valence-corrected chi connectivity index (χ4v) is 3.70. The van der Waals surface area contributed by atoms with E-state index >= 15 is 0 Å². The Balaban J connectivity index is 1.53. The van der Waals surface area contributed by atoms with Crippen LogP contribution in [0.1, 0.15) is 58.8 Å². The van der Waals surface area contributed by atoms with Gasteiger partial charge in [0.25, 0.3) is 0 Å². The molecular formula is C17H35N3. The van der Waals surface area contributed by atoms with Crippen molar-refractivity contribution in [1.82, 2.24) is 15.1 Å². The van der Waals surface area contributed by atoms with E-state index in [1.54, 1.807) is 0 Å². The Kier molecular flexibility index (Phi) is 7.32. The number of nitrogens with zero attached hydrogens (tertiary/aromatic N) is 2. The third kappa shape index (κ3) is 5.34. The first-order valence-electron chi connectivity index (χ1n) is 8.99. The molecule has 0 aromatic rings. The van der Waals surface area contributed by atoms with Gasteiger partial charge in [0.15, 0.2) is 0 Å². The van der Waals surface area contributed by atoms with E-state index in [0.717, 1.165) is 6.04 Å². The minimum Gasteiger partial charge on any atom is -0.314 e. The van der Waals surface area contributed by atoms with E-state index in [9.17, 15) is 0 Å². The van der Waals surface area contributed by atoms with Gasteiger partial charge >= 0.3 is 0 Å². The molecule has 2 heterocycles. The summed E-state index contributed by atoms with van der Waals surface area (Å²) in [5.41, 5.74) is 0. The van der Waals surface area contributed by atoms with E-state index in [1.807, 2.05) is 0 Å². The summed E-state index contributed by atoms with van der Waals surface area (Å²) in [6.07, 6.45) is 9.66. The van der Waals surface area contributed by atoms with E-state index < -0.39 is 0 Å². The molecule has 0 saturated carbocycles. The van der Waals surface area contributed by atoms with Gasteiger partial charge in [0, 0.05) is 31.7 Å². The maximum atomic E-state index is 3.59. The van der Waals surface area contributed by atoms with Crippen molar-refractivity contribution in [1.29, 1.82) is 0 Å². The first-order valence-corrected chi connectivity index (χ1v) is 8.99. The van der Waals surface area contributed by atoms with Gasteiger partial charge in [-0.3, -0.25) is 4.90 Å². The molecule has 0 amide bonds. The highest BCUT2D eigenvalue weighted by Gasteiger charge is 2.28. The molecule has 20 heavy (non-hydrogen) atoms. The standard InChI is InChI=1S/C17H35N3/c1-3-10-18-16(2)8-4-6-11-19-13-14-20-12-7-5-9-17(20)15-19/h16-18H,3-15H2,1-2H3. The lowest BCUT2D eigenvalue weighted by atomic mass is 9.99. The Hall–Kier alpha value is -0.120. The maximum Gasteiger partial charge on any atom is 0.0223 e. The second kappa shape index (κ2) is 9.01. The monoisotopic (exact) mass is 281 g/mol. The Bertz CT molecular complexity index is 257. The van der Waals surface area contributed by atoms with Gasteiger partial charge < -0.3 is 10.2 Å². The van der Waals surface area contributed by atoms with Crippen LogP contribution in [0.4, 0.5) is 0 Å². The molecule has 0 radical (unpaired) electrons. The van der Waals surface area contributed by atoms with Crippen LogP contribution in [-0.2, 0) is 0 Å². The van der Waals surface area contributed by atoms with Crippen molar-refractivity contribution in [2.75, 3.05) is 39.3 Å². The molecule has 2 aliphatic heterocycles. The van der Waals surface area contributed by atoms with Crippen LogP contribution in [0.25, 0.3) is 0 Å². The molecule has 3 nitrogen and oxygen atoms in total. The van der Waals surface area contributed by atoms with Gasteiger partial charge in [-0.25, -0.2) is 0 Å². The third-order valence-electron chi connectivity index (χ3n) is 5.03. The summed E-state index contributed by atoms with van der Waals surface area (Å²) in [6, 6.07) is 1.58. The molecule has 0 aromatic carbocycles. The first kappa shape index (κ1) is 16.3. The summed E-state index contributed by atoms with van der Waals surface area (Å²) in [7, 11) is 0. The quantitative estimate of drug-likeness (QED) is 0.690. The van der Waals surface area contributed by atoms with Crippen molar-refractivity contribution in [2.24, 2.45) is 0 Å². The predicted octanol–water partition coefficient (Wildman–Crippen LogP) is 2.71. The molecule has 2 atom stereocenters. The van der Waals surface area contributed by atoms with Gasteiger partial charge in [-0.1, -0.05) is 19.8 Å².